The molecule has 1 saturated carbocycles. The van der Waals surface area contributed by atoms with E-state index in [2.05, 4.69) is 33.0 Å². The summed E-state index contributed by atoms with van der Waals surface area (Å²) in [6.07, 6.45) is 8.49. The number of aliphatic hydroxyl groups is 1. The zero-order chi connectivity index (χ0) is 13.3. The SMILES string of the molecule is OCc1ccc(N2CCC3(CCCC3)CC2)cc1Br. The molecule has 1 aliphatic heterocycles. The highest BCUT2D eigenvalue weighted by molar-refractivity contribution is 9.10. The number of anilines is 1. The van der Waals surface area contributed by atoms with Gasteiger partial charge in [-0.3, -0.25) is 0 Å². The van der Waals surface area contributed by atoms with E-state index < -0.39 is 0 Å². The maximum Gasteiger partial charge on any atom is 0.0692 e. The van der Waals surface area contributed by atoms with Crippen LogP contribution in [0.5, 0.6) is 0 Å². The monoisotopic (exact) mass is 323 g/mol. The van der Waals surface area contributed by atoms with Crippen molar-refractivity contribution in [2.75, 3.05) is 18.0 Å². The first-order valence-electron chi connectivity index (χ1n) is 7.37. The normalized spacial score (nSPS) is 22.1. The number of halogens is 1. The molecule has 2 fully saturated rings. The molecule has 0 aromatic heterocycles. The topological polar surface area (TPSA) is 23.5 Å². The third-order valence-electron chi connectivity index (χ3n) is 5.06. The fourth-order valence-corrected chi connectivity index (χ4v) is 4.22. The van der Waals surface area contributed by atoms with Gasteiger partial charge in [0.25, 0.3) is 0 Å². The van der Waals surface area contributed by atoms with E-state index in [0.29, 0.717) is 5.41 Å². The van der Waals surface area contributed by atoms with Gasteiger partial charge in [0.05, 0.1) is 6.61 Å². The van der Waals surface area contributed by atoms with E-state index >= 15 is 0 Å². The Morgan fingerprint density at radius 3 is 2.37 bits per heavy atom. The molecule has 1 heterocycles. The lowest BCUT2D eigenvalue weighted by Gasteiger charge is -2.40. The van der Waals surface area contributed by atoms with Crippen molar-refractivity contribution >= 4 is 21.6 Å². The Balaban J connectivity index is 1.69. The number of hydrogen-bond donors (Lipinski definition) is 1. The van der Waals surface area contributed by atoms with Crippen molar-refractivity contribution in [3.8, 4) is 0 Å². The zero-order valence-corrected chi connectivity index (χ0v) is 13.0. The van der Waals surface area contributed by atoms with Crippen molar-refractivity contribution in [1.29, 1.82) is 0 Å². The lowest BCUT2D eigenvalue weighted by atomic mass is 9.77. The highest BCUT2D eigenvalue weighted by Crippen LogP contribution is 2.46. The average Bonchev–Trinajstić information content (AvgIpc) is 2.88. The molecule has 3 rings (SSSR count). The van der Waals surface area contributed by atoms with Gasteiger partial charge in [0.1, 0.15) is 0 Å². The molecule has 0 unspecified atom stereocenters. The van der Waals surface area contributed by atoms with Gasteiger partial charge in [-0.2, -0.15) is 0 Å². The third-order valence-corrected chi connectivity index (χ3v) is 5.80. The Hall–Kier alpha value is -0.540. The van der Waals surface area contributed by atoms with Gasteiger partial charge in [0.2, 0.25) is 0 Å². The molecule has 0 amide bonds. The highest BCUT2D eigenvalue weighted by atomic mass is 79.9. The summed E-state index contributed by atoms with van der Waals surface area (Å²) < 4.78 is 1.02. The van der Waals surface area contributed by atoms with Crippen LogP contribution in [0.3, 0.4) is 0 Å². The van der Waals surface area contributed by atoms with Gasteiger partial charge < -0.3 is 10.0 Å². The van der Waals surface area contributed by atoms with Gasteiger partial charge in [-0.05, 0) is 48.8 Å². The lowest BCUT2D eigenvalue weighted by Crippen LogP contribution is -2.38. The first-order chi connectivity index (χ1) is 9.22. The van der Waals surface area contributed by atoms with Crippen LogP contribution in [0.15, 0.2) is 22.7 Å². The van der Waals surface area contributed by atoms with E-state index in [9.17, 15) is 5.11 Å². The molecule has 104 valence electrons. The van der Waals surface area contributed by atoms with Crippen molar-refractivity contribution in [2.24, 2.45) is 5.41 Å². The van der Waals surface area contributed by atoms with Crippen molar-refractivity contribution < 1.29 is 5.11 Å². The summed E-state index contributed by atoms with van der Waals surface area (Å²) in [5, 5.41) is 9.22. The Labute approximate surface area is 123 Å². The van der Waals surface area contributed by atoms with Crippen LogP contribution >= 0.6 is 15.9 Å². The molecule has 19 heavy (non-hydrogen) atoms. The number of rotatable bonds is 2. The van der Waals surface area contributed by atoms with Crippen molar-refractivity contribution in [1.82, 2.24) is 0 Å². The maximum absolute atomic E-state index is 9.22. The first kappa shape index (κ1) is 13.4. The van der Waals surface area contributed by atoms with Crippen molar-refractivity contribution in [2.45, 2.75) is 45.1 Å². The molecule has 1 spiro atoms. The van der Waals surface area contributed by atoms with Crippen LogP contribution in [0.1, 0.15) is 44.1 Å². The van der Waals surface area contributed by atoms with Gasteiger partial charge in [-0.25, -0.2) is 0 Å². The summed E-state index contributed by atoms with van der Waals surface area (Å²) in [5.41, 5.74) is 2.93. The molecule has 1 N–H and O–H groups in total. The molecule has 0 radical (unpaired) electrons. The highest BCUT2D eigenvalue weighted by Gasteiger charge is 2.36. The van der Waals surface area contributed by atoms with Gasteiger partial charge in [0, 0.05) is 23.2 Å². The minimum atomic E-state index is 0.101. The van der Waals surface area contributed by atoms with Crippen LogP contribution in [0.2, 0.25) is 0 Å². The standard InChI is InChI=1S/C16H22BrNO/c17-15-11-14(4-3-13(15)12-19)18-9-7-16(8-10-18)5-1-2-6-16/h3-4,11,19H,1-2,5-10,12H2. The van der Waals surface area contributed by atoms with Crippen LogP contribution in [0.25, 0.3) is 0 Å². The summed E-state index contributed by atoms with van der Waals surface area (Å²) >= 11 is 3.55. The van der Waals surface area contributed by atoms with Crippen molar-refractivity contribution in [3.05, 3.63) is 28.2 Å². The smallest absolute Gasteiger partial charge is 0.0692 e. The number of hydrogen-bond acceptors (Lipinski definition) is 2. The Bertz CT molecular complexity index is 444. The summed E-state index contributed by atoms with van der Waals surface area (Å²) in [7, 11) is 0. The Morgan fingerprint density at radius 2 is 1.79 bits per heavy atom. The molecule has 1 saturated heterocycles. The van der Waals surface area contributed by atoms with Crippen LogP contribution in [-0.2, 0) is 6.61 Å². The zero-order valence-electron chi connectivity index (χ0n) is 11.4. The van der Waals surface area contributed by atoms with Gasteiger partial charge in [-0.1, -0.05) is 34.8 Å². The third kappa shape index (κ3) is 2.68. The molecule has 2 aliphatic rings. The fraction of sp³-hybridized carbons (Fsp3) is 0.625. The molecule has 2 nitrogen and oxygen atoms in total. The molecule has 3 heteroatoms. The van der Waals surface area contributed by atoms with E-state index in [1.54, 1.807) is 0 Å². The molecule has 0 bridgehead atoms. The van der Waals surface area contributed by atoms with Crippen LogP contribution < -0.4 is 4.90 Å². The van der Waals surface area contributed by atoms with E-state index in [-0.39, 0.29) is 6.61 Å². The summed E-state index contributed by atoms with van der Waals surface area (Å²) in [4.78, 5) is 2.50. The quantitative estimate of drug-likeness (QED) is 0.885. The van der Waals surface area contributed by atoms with E-state index in [1.807, 2.05) is 6.07 Å². The van der Waals surface area contributed by atoms with Crippen LogP contribution in [0, 0.1) is 5.41 Å². The predicted molar refractivity (Wildman–Crippen MR) is 82.4 cm³/mol. The van der Waals surface area contributed by atoms with Gasteiger partial charge in [-0.15, -0.1) is 0 Å². The van der Waals surface area contributed by atoms with E-state index in [1.165, 1.54) is 57.3 Å². The molecule has 1 aromatic rings. The first-order valence-corrected chi connectivity index (χ1v) is 8.16. The second-order valence-electron chi connectivity index (χ2n) is 6.13. The second-order valence-corrected chi connectivity index (χ2v) is 6.98. The minimum absolute atomic E-state index is 0.101. The lowest BCUT2D eigenvalue weighted by molar-refractivity contribution is 0.226. The second kappa shape index (κ2) is 5.45. The Morgan fingerprint density at radius 1 is 1.11 bits per heavy atom. The predicted octanol–water partition coefficient (Wildman–Crippen LogP) is 4.10. The molecule has 0 atom stereocenters. The fourth-order valence-electron chi connectivity index (χ4n) is 3.73. The molecule has 1 aliphatic carbocycles. The summed E-state index contributed by atoms with van der Waals surface area (Å²) in [5.74, 6) is 0. The number of aliphatic hydroxyl groups excluding tert-OH is 1. The average molecular weight is 324 g/mol. The molecule has 1 aromatic carbocycles. The Kier molecular flexibility index (Phi) is 3.86. The number of benzene rings is 1. The summed E-state index contributed by atoms with van der Waals surface area (Å²) in [6, 6.07) is 6.32. The molecular formula is C16H22BrNO. The van der Waals surface area contributed by atoms with Crippen LogP contribution in [-0.4, -0.2) is 18.2 Å². The summed E-state index contributed by atoms with van der Waals surface area (Å²) in [6.45, 7) is 2.47. The number of piperidine rings is 1. The van der Waals surface area contributed by atoms with Gasteiger partial charge in [0.15, 0.2) is 0 Å². The van der Waals surface area contributed by atoms with E-state index in [4.69, 9.17) is 0 Å². The van der Waals surface area contributed by atoms with Gasteiger partial charge >= 0.3 is 0 Å². The van der Waals surface area contributed by atoms with E-state index in [0.717, 1.165) is 10.0 Å². The largest absolute Gasteiger partial charge is 0.392 e. The number of nitrogens with zero attached hydrogens (tertiary/aromatic N) is 1. The maximum atomic E-state index is 9.22. The van der Waals surface area contributed by atoms with Crippen LogP contribution in [0.4, 0.5) is 5.69 Å². The van der Waals surface area contributed by atoms with Crippen molar-refractivity contribution in [3.63, 3.8) is 0 Å². The molecular weight excluding hydrogens is 302 g/mol. The minimum Gasteiger partial charge on any atom is -0.392 e.